The second-order valence-electron chi connectivity index (χ2n) is 5.94. The molecule has 1 unspecified atom stereocenters. The third kappa shape index (κ3) is 6.31. The number of carbonyl (C=O) groups is 2. The predicted octanol–water partition coefficient (Wildman–Crippen LogP) is 4.85. The van der Waals surface area contributed by atoms with Crippen LogP contribution in [0.5, 0.6) is 0 Å². The van der Waals surface area contributed by atoms with Crippen LogP contribution in [-0.4, -0.2) is 22.9 Å². The van der Waals surface area contributed by atoms with E-state index >= 15 is 0 Å². The van der Waals surface area contributed by atoms with Crippen LogP contribution >= 0.6 is 11.6 Å². The van der Waals surface area contributed by atoms with E-state index in [2.05, 4.69) is 0 Å². The average Bonchev–Trinajstić information content (AvgIpc) is 2.66. The van der Waals surface area contributed by atoms with Gasteiger partial charge in [-0.25, -0.2) is 4.79 Å². The van der Waals surface area contributed by atoms with Crippen LogP contribution in [0.4, 0.5) is 24.5 Å². The van der Waals surface area contributed by atoms with Crippen molar-refractivity contribution < 1.29 is 32.4 Å². The smallest absolute Gasteiger partial charge is 0.418 e. The van der Waals surface area contributed by atoms with Gasteiger partial charge in [0, 0.05) is 23.2 Å². The van der Waals surface area contributed by atoms with E-state index in [1.807, 2.05) is 5.32 Å². The predicted molar refractivity (Wildman–Crippen MR) is 103 cm³/mol. The highest BCUT2D eigenvalue weighted by Gasteiger charge is 2.36. The Morgan fingerprint density at radius 1 is 1.20 bits per heavy atom. The van der Waals surface area contributed by atoms with Gasteiger partial charge in [0.15, 0.2) is 6.10 Å². The third-order valence-electron chi connectivity index (χ3n) is 3.72. The van der Waals surface area contributed by atoms with Crippen molar-refractivity contribution >= 4 is 40.9 Å². The highest BCUT2D eigenvalue weighted by atomic mass is 35.5. The van der Waals surface area contributed by atoms with Crippen molar-refractivity contribution in [2.24, 2.45) is 0 Å². The molecule has 2 aromatic carbocycles. The van der Waals surface area contributed by atoms with Gasteiger partial charge in [0.25, 0.3) is 11.6 Å². The summed E-state index contributed by atoms with van der Waals surface area (Å²) >= 11 is 5.74. The van der Waals surface area contributed by atoms with Gasteiger partial charge in [-0.1, -0.05) is 23.7 Å². The van der Waals surface area contributed by atoms with Crippen molar-refractivity contribution in [1.29, 1.82) is 0 Å². The number of amides is 1. The summed E-state index contributed by atoms with van der Waals surface area (Å²) in [6, 6.07) is 8.35. The molecule has 1 N–H and O–H groups in total. The van der Waals surface area contributed by atoms with Crippen LogP contribution in [0.2, 0.25) is 5.02 Å². The van der Waals surface area contributed by atoms with Crippen molar-refractivity contribution in [2.75, 3.05) is 5.32 Å². The van der Waals surface area contributed by atoms with Gasteiger partial charge in [-0.2, -0.15) is 13.2 Å². The molecule has 0 heterocycles. The molecule has 0 radical (unpaired) electrons. The summed E-state index contributed by atoms with van der Waals surface area (Å²) in [5.41, 5.74) is -2.25. The highest BCUT2D eigenvalue weighted by molar-refractivity contribution is 6.30. The van der Waals surface area contributed by atoms with E-state index in [9.17, 15) is 32.9 Å². The minimum atomic E-state index is -4.95. The van der Waals surface area contributed by atoms with Crippen LogP contribution in [0.15, 0.2) is 48.5 Å². The number of ether oxygens (including phenoxy) is 1. The van der Waals surface area contributed by atoms with Crippen molar-refractivity contribution in [3.63, 3.8) is 0 Å². The maximum absolute atomic E-state index is 13.2. The zero-order valence-electron chi connectivity index (χ0n) is 15.3. The van der Waals surface area contributed by atoms with Gasteiger partial charge in [0.2, 0.25) is 0 Å². The number of benzene rings is 2. The van der Waals surface area contributed by atoms with E-state index in [4.69, 9.17) is 16.3 Å². The second kappa shape index (κ2) is 9.40. The summed E-state index contributed by atoms with van der Waals surface area (Å²) in [6.07, 6.45) is -3.93. The Morgan fingerprint density at radius 3 is 2.40 bits per heavy atom. The van der Waals surface area contributed by atoms with Crippen LogP contribution in [0, 0.1) is 10.1 Å². The van der Waals surface area contributed by atoms with Gasteiger partial charge in [-0.05, 0) is 36.8 Å². The molecule has 0 saturated heterocycles. The lowest BCUT2D eigenvalue weighted by molar-refractivity contribution is -0.385. The molecule has 0 saturated carbocycles. The molecule has 158 valence electrons. The van der Waals surface area contributed by atoms with Gasteiger partial charge in [-0.15, -0.1) is 0 Å². The fraction of sp³-hybridized carbons (Fsp3) is 0.158. The molecule has 0 bridgehead atoms. The number of non-ortho nitro benzene ring substituents is 1. The number of nitro groups is 1. The Labute approximate surface area is 173 Å². The molecule has 0 fully saturated rings. The Balaban J connectivity index is 2.07. The first kappa shape index (κ1) is 22.9. The van der Waals surface area contributed by atoms with Crippen molar-refractivity contribution in [3.05, 3.63) is 74.8 Å². The van der Waals surface area contributed by atoms with Gasteiger partial charge in [-0.3, -0.25) is 14.9 Å². The monoisotopic (exact) mass is 442 g/mol. The summed E-state index contributed by atoms with van der Waals surface area (Å²) in [6.45, 7) is 1.17. The molecule has 0 spiro atoms. The molecule has 0 aliphatic heterocycles. The summed E-state index contributed by atoms with van der Waals surface area (Å²) in [5.74, 6) is -1.94. The minimum Gasteiger partial charge on any atom is -0.449 e. The summed E-state index contributed by atoms with van der Waals surface area (Å²) < 4.78 is 44.4. The van der Waals surface area contributed by atoms with E-state index in [1.54, 1.807) is 24.3 Å². The SMILES string of the molecule is CC(OC(=O)/C=C/c1ccc(Cl)cc1)C(=O)Nc1ccc([N+](=O)[O-])cc1C(F)(F)F. The molecule has 0 aromatic heterocycles. The maximum Gasteiger partial charge on any atom is 0.418 e. The highest BCUT2D eigenvalue weighted by Crippen LogP contribution is 2.37. The number of anilines is 1. The van der Waals surface area contributed by atoms with Crippen LogP contribution < -0.4 is 5.32 Å². The average molecular weight is 443 g/mol. The van der Waals surface area contributed by atoms with Crippen LogP contribution in [-0.2, 0) is 20.5 Å². The fourth-order valence-electron chi connectivity index (χ4n) is 2.23. The van der Waals surface area contributed by atoms with Gasteiger partial charge in [0.1, 0.15) is 0 Å². The Bertz CT molecular complexity index is 991. The zero-order valence-corrected chi connectivity index (χ0v) is 16.0. The molecule has 7 nitrogen and oxygen atoms in total. The number of hydrogen-bond acceptors (Lipinski definition) is 5. The van der Waals surface area contributed by atoms with E-state index in [0.717, 1.165) is 18.2 Å². The molecule has 30 heavy (non-hydrogen) atoms. The number of nitro benzene ring substituents is 1. The second-order valence-corrected chi connectivity index (χ2v) is 6.37. The Hall–Kier alpha value is -3.40. The molecular weight excluding hydrogens is 429 g/mol. The number of halogens is 4. The lowest BCUT2D eigenvalue weighted by Crippen LogP contribution is -2.30. The van der Waals surface area contributed by atoms with E-state index in [1.165, 1.54) is 13.0 Å². The van der Waals surface area contributed by atoms with Gasteiger partial charge < -0.3 is 10.1 Å². The van der Waals surface area contributed by atoms with Crippen LogP contribution in [0.3, 0.4) is 0 Å². The lowest BCUT2D eigenvalue weighted by atomic mass is 10.1. The van der Waals surface area contributed by atoms with Gasteiger partial charge in [0.05, 0.1) is 16.2 Å². The fourth-order valence-corrected chi connectivity index (χ4v) is 2.35. The number of carbonyl (C=O) groups excluding carboxylic acids is 2. The lowest BCUT2D eigenvalue weighted by Gasteiger charge is -2.16. The first-order chi connectivity index (χ1) is 14.0. The summed E-state index contributed by atoms with van der Waals surface area (Å²) in [7, 11) is 0. The summed E-state index contributed by atoms with van der Waals surface area (Å²) in [5, 5.41) is 13.2. The molecule has 2 aromatic rings. The van der Waals surface area contributed by atoms with Crippen molar-refractivity contribution in [1.82, 2.24) is 0 Å². The maximum atomic E-state index is 13.2. The number of hydrogen-bond donors (Lipinski definition) is 1. The first-order valence-electron chi connectivity index (χ1n) is 8.28. The molecule has 0 aliphatic carbocycles. The van der Waals surface area contributed by atoms with Crippen LogP contribution in [0.1, 0.15) is 18.1 Å². The van der Waals surface area contributed by atoms with Crippen LogP contribution in [0.25, 0.3) is 6.08 Å². The normalized spacial score (nSPS) is 12.4. The molecule has 0 aliphatic rings. The molecule has 2 rings (SSSR count). The number of nitrogens with one attached hydrogen (secondary N) is 1. The van der Waals surface area contributed by atoms with E-state index in [0.29, 0.717) is 16.7 Å². The minimum absolute atomic E-state index is 0.307. The third-order valence-corrected chi connectivity index (χ3v) is 3.97. The summed E-state index contributed by atoms with van der Waals surface area (Å²) in [4.78, 5) is 33.7. The number of rotatable bonds is 6. The Morgan fingerprint density at radius 2 is 1.83 bits per heavy atom. The van der Waals surface area contributed by atoms with Crippen molar-refractivity contribution in [3.8, 4) is 0 Å². The van der Waals surface area contributed by atoms with E-state index in [-0.39, 0.29) is 0 Å². The number of alkyl halides is 3. The molecule has 1 atom stereocenters. The zero-order chi connectivity index (χ0) is 22.5. The molecular formula is C19H14ClF3N2O5. The molecule has 1 amide bonds. The number of nitrogens with zero attached hydrogens (tertiary/aromatic N) is 1. The van der Waals surface area contributed by atoms with E-state index < -0.39 is 46.0 Å². The topological polar surface area (TPSA) is 98.5 Å². The quantitative estimate of drug-likeness (QED) is 0.298. The standard InChI is InChI=1S/C19H14ClF3N2O5/c1-11(30-17(26)9-4-12-2-5-13(20)6-3-12)18(27)24-16-8-7-14(25(28)29)10-15(16)19(21,22)23/h2-11H,1H3,(H,24,27)/b9-4+. The van der Waals surface area contributed by atoms with Crippen molar-refractivity contribution in [2.45, 2.75) is 19.2 Å². The first-order valence-corrected chi connectivity index (χ1v) is 8.66. The molecule has 11 heteroatoms. The Kier molecular flexibility index (Phi) is 7.17. The largest absolute Gasteiger partial charge is 0.449 e. The number of esters is 1. The van der Waals surface area contributed by atoms with Gasteiger partial charge >= 0.3 is 12.1 Å².